The molecule has 0 spiro atoms. The number of aliphatic hydroxyl groups excluding tert-OH is 3. The highest BCUT2D eigenvalue weighted by atomic mass is 127. The lowest BCUT2D eigenvalue weighted by Gasteiger charge is -2.27. The van der Waals surface area contributed by atoms with Crippen molar-refractivity contribution in [2.45, 2.75) is 51.5 Å². The molecule has 0 radical (unpaired) electrons. The molecule has 0 aliphatic heterocycles. The Kier molecular flexibility index (Phi) is 9.77. The molecule has 10 heteroatoms. The molecule has 0 bridgehead atoms. The number of hydrogen-bond acceptors (Lipinski definition) is 7. The Balaban J connectivity index is 1.61. The third-order valence-corrected chi connectivity index (χ3v) is 7.05. The van der Waals surface area contributed by atoms with Crippen molar-refractivity contribution >= 4 is 34.2 Å². The molecular weight excluding hydrogens is 585 g/mol. The number of aromatic nitrogens is 3. The summed E-state index contributed by atoms with van der Waals surface area (Å²) in [7, 11) is 0. The van der Waals surface area contributed by atoms with Crippen molar-refractivity contribution in [1.82, 2.24) is 15.0 Å². The second kappa shape index (κ2) is 12.4. The predicted molar refractivity (Wildman–Crippen MR) is 142 cm³/mol. The minimum atomic E-state index is -0.800. The lowest BCUT2D eigenvalue weighted by atomic mass is 9.78. The highest BCUT2D eigenvalue weighted by Gasteiger charge is 2.24. The van der Waals surface area contributed by atoms with Crippen LogP contribution in [0.25, 0.3) is 0 Å². The fourth-order valence-corrected chi connectivity index (χ4v) is 4.34. The van der Waals surface area contributed by atoms with E-state index in [0.29, 0.717) is 22.9 Å². The van der Waals surface area contributed by atoms with Gasteiger partial charge >= 0.3 is 0 Å². The topological polar surface area (TPSA) is 110 Å². The molecule has 0 aliphatic rings. The summed E-state index contributed by atoms with van der Waals surface area (Å²) in [5, 5.41) is 37.3. The van der Waals surface area contributed by atoms with E-state index in [1.54, 1.807) is 6.92 Å². The van der Waals surface area contributed by atoms with E-state index in [-0.39, 0.29) is 37.7 Å². The number of benzene rings is 2. The van der Waals surface area contributed by atoms with Gasteiger partial charge in [0.25, 0.3) is 0 Å². The number of aryl methyl sites for hydroxylation is 1. The summed E-state index contributed by atoms with van der Waals surface area (Å²) in [6, 6.07) is 13.8. The SMILES string of the molecule is Cc1nnn(C[C@H](O)COc2ccc(C(C)(C)c3ccc(OC[C@H](O)CCl)c(I)c3)cc2)c1CO. The fraction of sp³-hybridized carbons (Fsp3) is 0.440. The summed E-state index contributed by atoms with van der Waals surface area (Å²) in [5.74, 6) is 1.49. The summed E-state index contributed by atoms with van der Waals surface area (Å²) < 4.78 is 13.9. The summed E-state index contributed by atoms with van der Waals surface area (Å²) in [4.78, 5) is 0. The van der Waals surface area contributed by atoms with Gasteiger partial charge < -0.3 is 24.8 Å². The molecule has 1 heterocycles. The predicted octanol–water partition coefficient (Wildman–Crippen LogP) is 3.43. The van der Waals surface area contributed by atoms with Crippen molar-refractivity contribution < 1.29 is 24.8 Å². The van der Waals surface area contributed by atoms with Crippen LogP contribution in [0.2, 0.25) is 0 Å². The molecule has 3 aromatic rings. The molecule has 0 aliphatic carbocycles. The van der Waals surface area contributed by atoms with E-state index in [4.69, 9.17) is 21.1 Å². The van der Waals surface area contributed by atoms with Crippen LogP contribution in [-0.4, -0.2) is 61.6 Å². The Morgan fingerprint density at radius 3 is 2.31 bits per heavy atom. The van der Waals surface area contributed by atoms with Gasteiger partial charge in [0.15, 0.2) is 0 Å². The van der Waals surface area contributed by atoms with E-state index in [2.05, 4.69) is 52.8 Å². The Morgan fingerprint density at radius 1 is 1.03 bits per heavy atom. The quantitative estimate of drug-likeness (QED) is 0.212. The summed E-state index contributed by atoms with van der Waals surface area (Å²) >= 11 is 7.87. The van der Waals surface area contributed by atoms with Crippen molar-refractivity contribution in [3.8, 4) is 11.5 Å². The molecule has 3 N–H and O–H groups in total. The van der Waals surface area contributed by atoms with Crippen LogP contribution >= 0.6 is 34.2 Å². The van der Waals surface area contributed by atoms with Crippen molar-refractivity contribution in [3.63, 3.8) is 0 Å². The average molecular weight is 616 g/mol. The van der Waals surface area contributed by atoms with Crippen LogP contribution in [0.3, 0.4) is 0 Å². The summed E-state index contributed by atoms with van der Waals surface area (Å²) in [6.45, 7) is 6.30. The minimum Gasteiger partial charge on any atom is -0.491 e. The number of halogens is 2. The van der Waals surface area contributed by atoms with Crippen molar-refractivity contribution in [2.75, 3.05) is 19.1 Å². The Hall–Kier alpha value is -1.92. The van der Waals surface area contributed by atoms with Crippen LogP contribution in [0, 0.1) is 10.5 Å². The maximum atomic E-state index is 10.3. The van der Waals surface area contributed by atoms with Gasteiger partial charge in [-0.25, -0.2) is 4.68 Å². The zero-order valence-corrected chi connectivity index (χ0v) is 22.9. The highest BCUT2D eigenvalue weighted by Crippen LogP contribution is 2.35. The summed E-state index contributed by atoms with van der Waals surface area (Å²) in [5.41, 5.74) is 3.19. The largest absolute Gasteiger partial charge is 0.491 e. The number of nitrogens with zero attached hydrogens (tertiary/aromatic N) is 3. The number of hydrogen-bond donors (Lipinski definition) is 3. The molecule has 2 aromatic carbocycles. The van der Waals surface area contributed by atoms with Gasteiger partial charge in [-0.15, -0.1) is 16.7 Å². The number of ether oxygens (including phenoxy) is 2. The van der Waals surface area contributed by atoms with Gasteiger partial charge in [-0.2, -0.15) is 0 Å². The molecule has 0 saturated carbocycles. The van der Waals surface area contributed by atoms with E-state index < -0.39 is 12.2 Å². The molecule has 35 heavy (non-hydrogen) atoms. The lowest BCUT2D eigenvalue weighted by molar-refractivity contribution is 0.0866. The number of rotatable bonds is 12. The van der Waals surface area contributed by atoms with E-state index in [9.17, 15) is 15.3 Å². The van der Waals surface area contributed by atoms with Gasteiger partial charge in [0.05, 0.1) is 34.0 Å². The first kappa shape index (κ1) is 27.7. The van der Waals surface area contributed by atoms with Gasteiger partial charge in [-0.1, -0.05) is 37.3 Å². The zero-order chi connectivity index (χ0) is 25.6. The third kappa shape index (κ3) is 7.07. The third-order valence-electron chi connectivity index (χ3n) is 5.85. The molecule has 1 aromatic heterocycles. The van der Waals surface area contributed by atoms with Crippen molar-refractivity contribution in [1.29, 1.82) is 0 Å². The Labute approximate surface area is 224 Å². The summed E-state index contributed by atoms with van der Waals surface area (Å²) in [6.07, 6.45) is -1.50. The van der Waals surface area contributed by atoms with Gasteiger partial charge in [0, 0.05) is 5.41 Å². The molecule has 0 fully saturated rings. The normalized spacial score (nSPS) is 13.5. The van der Waals surface area contributed by atoms with Crippen LogP contribution < -0.4 is 9.47 Å². The van der Waals surface area contributed by atoms with Crippen molar-refractivity contribution in [3.05, 3.63) is 68.5 Å². The van der Waals surface area contributed by atoms with Crippen LogP contribution in [0.15, 0.2) is 42.5 Å². The van der Waals surface area contributed by atoms with Crippen LogP contribution in [0.4, 0.5) is 0 Å². The maximum Gasteiger partial charge on any atom is 0.132 e. The molecule has 2 atom stereocenters. The zero-order valence-electron chi connectivity index (χ0n) is 20.0. The molecule has 8 nitrogen and oxygen atoms in total. The first-order valence-corrected chi connectivity index (χ1v) is 12.8. The second-order valence-electron chi connectivity index (χ2n) is 8.84. The fourth-order valence-electron chi connectivity index (χ4n) is 3.58. The van der Waals surface area contributed by atoms with Crippen LogP contribution in [0.5, 0.6) is 11.5 Å². The molecule has 0 saturated heterocycles. The molecule has 3 rings (SSSR count). The molecule has 0 unspecified atom stereocenters. The smallest absolute Gasteiger partial charge is 0.132 e. The van der Waals surface area contributed by atoms with E-state index in [1.165, 1.54) is 4.68 Å². The van der Waals surface area contributed by atoms with E-state index in [0.717, 1.165) is 14.7 Å². The van der Waals surface area contributed by atoms with Gasteiger partial charge in [0.1, 0.15) is 36.9 Å². The first-order chi connectivity index (χ1) is 16.6. The first-order valence-electron chi connectivity index (χ1n) is 11.2. The van der Waals surface area contributed by atoms with E-state index in [1.807, 2.05) is 36.4 Å². The van der Waals surface area contributed by atoms with Crippen LogP contribution in [-0.2, 0) is 18.6 Å². The molecular formula is C25H31ClIN3O5. The number of aliphatic hydroxyl groups is 3. The number of alkyl halides is 1. The molecule has 190 valence electrons. The second-order valence-corrected chi connectivity index (χ2v) is 10.3. The average Bonchev–Trinajstić information content (AvgIpc) is 3.20. The molecule has 0 amide bonds. The van der Waals surface area contributed by atoms with E-state index >= 15 is 0 Å². The van der Waals surface area contributed by atoms with Gasteiger partial charge in [-0.05, 0) is 64.9 Å². The lowest BCUT2D eigenvalue weighted by Crippen LogP contribution is -2.25. The minimum absolute atomic E-state index is 0.0879. The van der Waals surface area contributed by atoms with Crippen molar-refractivity contribution in [2.24, 2.45) is 0 Å². The standard InChI is InChI=1S/C25H31ClIN3O5/c1-16-23(13-31)30(29-28-16)12-20(33)15-34-21-7-4-17(5-8-21)25(2,3)18-6-9-24(22(27)10-18)35-14-19(32)11-26/h4-10,19-20,31-33H,11-15H2,1-3H3/t19-,20+/m1/s1. The maximum absolute atomic E-state index is 10.3. The highest BCUT2D eigenvalue weighted by molar-refractivity contribution is 14.1. The van der Waals surface area contributed by atoms with Gasteiger partial charge in [0.2, 0.25) is 0 Å². The Morgan fingerprint density at radius 2 is 1.69 bits per heavy atom. The monoisotopic (exact) mass is 615 g/mol. The van der Waals surface area contributed by atoms with Crippen LogP contribution in [0.1, 0.15) is 36.4 Å². The Bertz CT molecular complexity index is 1110. The van der Waals surface area contributed by atoms with Gasteiger partial charge in [-0.3, -0.25) is 0 Å².